The molecule has 16 heavy (non-hydrogen) atoms. The average Bonchev–Trinajstić information content (AvgIpc) is 2.68. The van der Waals surface area contributed by atoms with E-state index < -0.39 is 0 Å². The second-order valence-corrected chi connectivity index (χ2v) is 3.71. The largest absolute Gasteiger partial charge is 0.497 e. The number of hydroxylamine groups is 2. The monoisotopic (exact) mass is 241 g/mol. The van der Waals surface area contributed by atoms with Crippen LogP contribution in [0.2, 0.25) is 5.02 Å². The summed E-state index contributed by atoms with van der Waals surface area (Å²) in [5, 5.41) is 14.0. The molecule has 1 aliphatic heterocycles. The molecule has 0 atom stereocenters. The summed E-state index contributed by atoms with van der Waals surface area (Å²) in [5.74, 6) is 1.09. The minimum absolute atomic E-state index is 0.398. The van der Waals surface area contributed by atoms with Crippen molar-refractivity contribution in [3.05, 3.63) is 23.2 Å². The van der Waals surface area contributed by atoms with E-state index in [4.69, 9.17) is 16.3 Å². The predicted octanol–water partition coefficient (Wildman–Crippen LogP) is 1.82. The van der Waals surface area contributed by atoms with Crippen LogP contribution < -0.4 is 10.1 Å². The number of nitrogens with one attached hydrogen (secondary N) is 1. The maximum Gasteiger partial charge on any atom is 0.222 e. The number of guanidine groups is 1. The molecule has 1 heterocycles. The maximum absolute atomic E-state index is 9.43. The van der Waals surface area contributed by atoms with Gasteiger partial charge in [0.25, 0.3) is 0 Å². The molecule has 2 N–H and O–H groups in total. The first-order valence-electron chi connectivity index (χ1n) is 4.82. The molecule has 0 aromatic heterocycles. The van der Waals surface area contributed by atoms with Gasteiger partial charge in [-0.3, -0.25) is 5.21 Å². The van der Waals surface area contributed by atoms with Crippen LogP contribution in [0, 0.1) is 0 Å². The highest BCUT2D eigenvalue weighted by molar-refractivity contribution is 6.33. The van der Waals surface area contributed by atoms with E-state index in [0.29, 0.717) is 35.5 Å². The zero-order valence-corrected chi connectivity index (χ0v) is 9.53. The van der Waals surface area contributed by atoms with E-state index in [-0.39, 0.29) is 0 Å². The maximum atomic E-state index is 9.43. The lowest BCUT2D eigenvalue weighted by molar-refractivity contribution is -0.00269. The number of halogens is 1. The number of aliphatic imine (C=N–C) groups is 1. The summed E-state index contributed by atoms with van der Waals surface area (Å²) in [6.45, 7) is 1.06. The number of hydrogen-bond acceptors (Lipinski definition) is 5. The molecule has 1 aliphatic rings. The highest BCUT2D eigenvalue weighted by Crippen LogP contribution is 2.27. The van der Waals surface area contributed by atoms with Crippen molar-refractivity contribution in [3.63, 3.8) is 0 Å². The Balaban J connectivity index is 2.20. The Bertz CT molecular complexity index is 423. The molecule has 5 nitrogen and oxygen atoms in total. The zero-order chi connectivity index (χ0) is 11.5. The number of ether oxygens (including phenoxy) is 1. The number of rotatable bonds is 2. The third-order valence-corrected chi connectivity index (χ3v) is 2.57. The van der Waals surface area contributed by atoms with Crippen molar-refractivity contribution >= 4 is 23.2 Å². The van der Waals surface area contributed by atoms with Crippen molar-refractivity contribution < 1.29 is 9.94 Å². The lowest BCUT2D eigenvalue weighted by Gasteiger charge is -2.14. The number of methoxy groups -OCH3 is 1. The van der Waals surface area contributed by atoms with E-state index in [0.717, 1.165) is 5.06 Å². The Hall–Kier alpha value is -1.46. The van der Waals surface area contributed by atoms with Crippen LogP contribution in [0.25, 0.3) is 0 Å². The van der Waals surface area contributed by atoms with Gasteiger partial charge in [-0.15, -0.1) is 0 Å². The van der Waals surface area contributed by atoms with Gasteiger partial charge in [0.1, 0.15) is 5.75 Å². The smallest absolute Gasteiger partial charge is 0.222 e. The van der Waals surface area contributed by atoms with Crippen LogP contribution in [0.1, 0.15) is 0 Å². The van der Waals surface area contributed by atoms with Crippen LogP contribution in [0.15, 0.2) is 23.2 Å². The molecular weight excluding hydrogens is 230 g/mol. The normalized spacial score (nSPS) is 14.9. The third kappa shape index (κ3) is 2.20. The predicted molar refractivity (Wildman–Crippen MR) is 62.4 cm³/mol. The van der Waals surface area contributed by atoms with Gasteiger partial charge >= 0.3 is 0 Å². The molecule has 0 spiro atoms. The lowest BCUT2D eigenvalue weighted by atomic mass is 10.3. The third-order valence-electron chi connectivity index (χ3n) is 2.24. The summed E-state index contributed by atoms with van der Waals surface area (Å²) in [6, 6.07) is 5.23. The van der Waals surface area contributed by atoms with E-state index in [1.165, 1.54) is 0 Å². The van der Waals surface area contributed by atoms with Gasteiger partial charge in [0.05, 0.1) is 30.9 Å². The molecule has 0 saturated heterocycles. The van der Waals surface area contributed by atoms with Crippen molar-refractivity contribution in [2.45, 2.75) is 0 Å². The van der Waals surface area contributed by atoms with Crippen LogP contribution in [0.4, 0.5) is 5.69 Å². The van der Waals surface area contributed by atoms with Gasteiger partial charge in [-0.2, -0.15) is 0 Å². The van der Waals surface area contributed by atoms with E-state index in [1.807, 2.05) is 0 Å². The zero-order valence-electron chi connectivity index (χ0n) is 8.77. The number of nitrogens with zero attached hydrogens (tertiary/aromatic N) is 2. The summed E-state index contributed by atoms with van der Waals surface area (Å²) >= 11 is 6.01. The quantitative estimate of drug-likeness (QED) is 0.829. The van der Waals surface area contributed by atoms with Crippen LogP contribution >= 0.6 is 11.6 Å². The van der Waals surface area contributed by atoms with Gasteiger partial charge in [-0.05, 0) is 12.1 Å². The van der Waals surface area contributed by atoms with Gasteiger partial charge in [-0.25, -0.2) is 10.1 Å². The lowest BCUT2D eigenvalue weighted by Crippen LogP contribution is -2.29. The first kappa shape index (κ1) is 11.0. The first-order chi connectivity index (χ1) is 7.70. The summed E-state index contributed by atoms with van der Waals surface area (Å²) < 4.78 is 5.09. The van der Waals surface area contributed by atoms with Gasteiger partial charge in [0.2, 0.25) is 5.96 Å². The molecule has 6 heteroatoms. The number of anilines is 1. The number of hydrogen-bond donors (Lipinski definition) is 2. The second kappa shape index (κ2) is 4.59. The van der Waals surface area contributed by atoms with Crippen molar-refractivity contribution in [3.8, 4) is 5.75 Å². The molecule has 0 unspecified atom stereocenters. The molecule has 86 valence electrons. The SMILES string of the molecule is COc1ccc(Cl)c(NC2=NCCN2O)c1. The molecule has 0 amide bonds. The molecule has 0 aliphatic carbocycles. The van der Waals surface area contributed by atoms with Crippen LogP contribution in [-0.4, -0.2) is 36.4 Å². The highest BCUT2D eigenvalue weighted by Gasteiger charge is 2.15. The summed E-state index contributed by atoms with van der Waals surface area (Å²) in [6.07, 6.45) is 0. The first-order valence-corrected chi connectivity index (χ1v) is 5.20. The molecular formula is C10H12ClN3O2. The van der Waals surface area contributed by atoms with Crippen LogP contribution in [0.5, 0.6) is 5.75 Å². The van der Waals surface area contributed by atoms with E-state index in [2.05, 4.69) is 10.3 Å². The molecule has 2 rings (SSSR count). The Kier molecular flexibility index (Phi) is 3.17. The Labute approximate surface area is 98.3 Å². The standard InChI is InChI=1S/C10H12ClN3O2/c1-16-7-2-3-8(11)9(6-7)13-10-12-4-5-14(10)15/h2-3,6,15H,4-5H2,1H3,(H,12,13). The summed E-state index contributed by atoms with van der Waals surface area (Å²) in [5.41, 5.74) is 0.653. The highest BCUT2D eigenvalue weighted by atomic mass is 35.5. The van der Waals surface area contributed by atoms with Crippen molar-refractivity contribution in [2.75, 3.05) is 25.5 Å². The fourth-order valence-electron chi connectivity index (χ4n) is 1.39. The molecule has 0 fully saturated rings. The topological polar surface area (TPSA) is 57.1 Å². The molecule has 1 aromatic rings. The molecule has 0 radical (unpaired) electrons. The second-order valence-electron chi connectivity index (χ2n) is 3.30. The molecule has 0 saturated carbocycles. The Morgan fingerprint density at radius 3 is 3.00 bits per heavy atom. The fourth-order valence-corrected chi connectivity index (χ4v) is 1.55. The van der Waals surface area contributed by atoms with Crippen molar-refractivity contribution in [1.82, 2.24) is 5.06 Å². The Morgan fingerprint density at radius 2 is 2.38 bits per heavy atom. The van der Waals surface area contributed by atoms with E-state index >= 15 is 0 Å². The van der Waals surface area contributed by atoms with E-state index in [1.54, 1.807) is 25.3 Å². The van der Waals surface area contributed by atoms with Crippen molar-refractivity contribution in [2.24, 2.45) is 4.99 Å². The van der Waals surface area contributed by atoms with Crippen LogP contribution in [0.3, 0.4) is 0 Å². The van der Waals surface area contributed by atoms with Crippen molar-refractivity contribution in [1.29, 1.82) is 0 Å². The van der Waals surface area contributed by atoms with Gasteiger partial charge in [-0.1, -0.05) is 11.6 Å². The van der Waals surface area contributed by atoms with Gasteiger partial charge in [0, 0.05) is 6.07 Å². The van der Waals surface area contributed by atoms with E-state index in [9.17, 15) is 5.21 Å². The fraction of sp³-hybridized carbons (Fsp3) is 0.300. The average molecular weight is 242 g/mol. The molecule has 1 aromatic carbocycles. The summed E-state index contributed by atoms with van der Waals surface area (Å²) in [4.78, 5) is 4.09. The Morgan fingerprint density at radius 1 is 1.56 bits per heavy atom. The molecule has 0 bridgehead atoms. The minimum atomic E-state index is 0.398. The number of benzene rings is 1. The van der Waals surface area contributed by atoms with Crippen LogP contribution in [-0.2, 0) is 0 Å². The van der Waals surface area contributed by atoms with Gasteiger partial charge in [0.15, 0.2) is 0 Å². The minimum Gasteiger partial charge on any atom is -0.497 e. The summed E-state index contributed by atoms with van der Waals surface area (Å²) in [7, 11) is 1.58. The van der Waals surface area contributed by atoms with Gasteiger partial charge < -0.3 is 10.1 Å².